The van der Waals surface area contributed by atoms with Crippen molar-refractivity contribution < 1.29 is 12.9 Å². The standard InChI is InChI=1S/C20H30N6O3S/c1-4-21-20(26-12-10-25(11-13-26)16-18-9-14-29-23-18)22-15-17-5-7-19(8-6-17)30(27,28)24(2)3/h5-9,14H,4,10-13,15-16H2,1-3H3,(H,21,22). The summed E-state index contributed by atoms with van der Waals surface area (Å²) in [6, 6.07) is 8.80. The van der Waals surface area contributed by atoms with Crippen molar-refractivity contribution in [2.75, 3.05) is 46.8 Å². The van der Waals surface area contributed by atoms with Gasteiger partial charge in [0, 0.05) is 59.4 Å². The lowest BCUT2D eigenvalue weighted by Crippen LogP contribution is -2.52. The van der Waals surface area contributed by atoms with Gasteiger partial charge >= 0.3 is 0 Å². The Labute approximate surface area is 178 Å². The smallest absolute Gasteiger partial charge is 0.242 e. The summed E-state index contributed by atoms with van der Waals surface area (Å²) < 4.78 is 30.5. The van der Waals surface area contributed by atoms with Crippen molar-refractivity contribution in [2.45, 2.75) is 24.9 Å². The highest BCUT2D eigenvalue weighted by atomic mass is 32.2. The second-order valence-electron chi connectivity index (χ2n) is 7.36. The van der Waals surface area contributed by atoms with Gasteiger partial charge in [-0.15, -0.1) is 0 Å². The van der Waals surface area contributed by atoms with Gasteiger partial charge in [-0.25, -0.2) is 17.7 Å². The number of guanidine groups is 1. The average molecular weight is 435 g/mol. The highest BCUT2D eigenvalue weighted by Gasteiger charge is 2.20. The zero-order valence-electron chi connectivity index (χ0n) is 17.8. The molecule has 0 saturated carbocycles. The van der Waals surface area contributed by atoms with Crippen LogP contribution in [0.1, 0.15) is 18.2 Å². The van der Waals surface area contributed by atoms with Gasteiger partial charge in [-0.2, -0.15) is 0 Å². The number of hydrogen-bond donors (Lipinski definition) is 1. The zero-order chi connectivity index (χ0) is 21.6. The van der Waals surface area contributed by atoms with Gasteiger partial charge < -0.3 is 14.7 Å². The van der Waals surface area contributed by atoms with Crippen molar-refractivity contribution in [1.29, 1.82) is 0 Å². The number of sulfonamides is 1. The van der Waals surface area contributed by atoms with Crippen LogP contribution < -0.4 is 5.32 Å². The first-order valence-electron chi connectivity index (χ1n) is 10.1. The molecule has 9 nitrogen and oxygen atoms in total. The van der Waals surface area contributed by atoms with Gasteiger partial charge in [0.2, 0.25) is 10.0 Å². The maximum Gasteiger partial charge on any atom is 0.242 e. The zero-order valence-corrected chi connectivity index (χ0v) is 18.6. The van der Waals surface area contributed by atoms with Gasteiger partial charge in [-0.05, 0) is 24.6 Å². The third-order valence-electron chi connectivity index (χ3n) is 5.00. The molecule has 1 aliphatic heterocycles. The molecule has 0 aliphatic carbocycles. The lowest BCUT2D eigenvalue weighted by Gasteiger charge is -2.36. The highest BCUT2D eigenvalue weighted by Crippen LogP contribution is 2.15. The molecule has 2 heterocycles. The molecular formula is C20H30N6O3S. The molecule has 0 spiro atoms. The van der Waals surface area contributed by atoms with E-state index in [0.717, 1.165) is 56.5 Å². The SMILES string of the molecule is CCNC(=NCc1ccc(S(=O)(=O)N(C)C)cc1)N1CCN(Cc2ccon2)CC1. The van der Waals surface area contributed by atoms with Crippen LogP contribution in [0.25, 0.3) is 0 Å². The van der Waals surface area contributed by atoms with E-state index in [0.29, 0.717) is 6.54 Å². The first-order chi connectivity index (χ1) is 14.4. The quantitative estimate of drug-likeness (QED) is 0.517. The molecule has 0 amide bonds. The number of rotatable bonds is 7. The van der Waals surface area contributed by atoms with Crippen molar-refractivity contribution in [3.8, 4) is 0 Å². The number of aromatic nitrogens is 1. The number of benzene rings is 1. The van der Waals surface area contributed by atoms with Crippen LogP contribution >= 0.6 is 0 Å². The number of hydrogen-bond acceptors (Lipinski definition) is 6. The molecular weight excluding hydrogens is 404 g/mol. The molecule has 0 bridgehead atoms. The Morgan fingerprint density at radius 1 is 1.17 bits per heavy atom. The molecule has 10 heteroatoms. The maximum atomic E-state index is 12.2. The third kappa shape index (κ3) is 5.59. The van der Waals surface area contributed by atoms with Gasteiger partial charge in [-0.1, -0.05) is 17.3 Å². The summed E-state index contributed by atoms with van der Waals surface area (Å²) in [6.07, 6.45) is 1.60. The Balaban J connectivity index is 1.59. The monoisotopic (exact) mass is 434 g/mol. The van der Waals surface area contributed by atoms with Crippen LogP contribution in [0.3, 0.4) is 0 Å². The molecule has 1 saturated heterocycles. The average Bonchev–Trinajstić information content (AvgIpc) is 3.25. The van der Waals surface area contributed by atoms with Crippen LogP contribution in [0.15, 0.2) is 51.0 Å². The van der Waals surface area contributed by atoms with E-state index in [1.807, 2.05) is 18.2 Å². The largest absolute Gasteiger partial charge is 0.364 e. The molecule has 164 valence electrons. The predicted molar refractivity (Wildman–Crippen MR) is 115 cm³/mol. The molecule has 0 radical (unpaired) electrons. The molecule has 1 N–H and O–H groups in total. The fraction of sp³-hybridized carbons (Fsp3) is 0.500. The van der Waals surface area contributed by atoms with Gasteiger partial charge in [0.05, 0.1) is 17.1 Å². The van der Waals surface area contributed by atoms with Crippen LogP contribution in [0.4, 0.5) is 0 Å². The van der Waals surface area contributed by atoms with Crippen molar-refractivity contribution in [1.82, 2.24) is 24.6 Å². The summed E-state index contributed by atoms with van der Waals surface area (Å²) >= 11 is 0. The summed E-state index contributed by atoms with van der Waals surface area (Å²) in [5.41, 5.74) is 1.91. The van der Waals surface area contributed by atoms with Crippen LogP contribution in [0.2, 0.25) is 0 Å². The van der Waals surface area contributed by atoms with Crippen molar-refractivity contribution in [3.63, 3.8) is 0 Å². The Kier molecular flexibility index (Phi) is 7.46. The molecule has 3 rings (SSSR count). The van der Waals surface area contributed by atoms with Crippen LogP contribution in [-0.4, -0.2) is 80.5 Å². The van der Waals surface area contributed by atoms with E-state index < -0.39 is 10.0 Å². The fourth-order valence-corrected chi connectivity index (χ4v) is 4.14. The summed E-state index contributed by atoms with van der Waals surface area (Å²) in [6.45, 7) is 7.73. The second-order valence-corrected chi connectivity index (χ2v) is 9.51. The first-order valence-corrected chi connectivity index (χ1v) is 11.5. The molecule has 1 aromatic heterocycles. The predicted octanol–water partition coefficient (Wildman–Crippen LogP) is 1.21. The number of nitrogens with one attached hydrogen (secondary N) is 1. The van der Waals surface area contributed by atoms with Crippen LogP contribution in [-0.2, 0) is 23.1 Å². The van der Waals surface area contributed by atoms with Gasteiger partial charge in [0.15, 0.2) is 5.96 Å². The van der Waals surface area contributed by atoms with E-state index in [9.17, 15) is 8.42 Å². The molecule has 2 aromatic rings. The van der Waals surface area contributed by atoms with Gasteiger partial charge in [-0.3, -0.25) is 4.90 Å². The first kappa shape index (κ1) is 22.3. The topological polar surface area (TPSA) is 94.3 Å². The number of aliphatic imine (C=N–C) groups is 1. The molecule has 0 atom stereocenters. The minimum absolute atomic E-state index is 0.287. The Morgan fingerprint density at radius 3 is 2.43 bits per heavy atom. The van der Waals surface area contributed by atoms with Gasteiger partial charge in [0.25, 0.3) is 0 Å². The maximum absolute atomic E-state index is 12.2. The Hall–Kier alpha value is -2.43. The fourth-order valence-electron chi connectivity index (χ4n) is 3.24. The van der Waals surface area contributed by atoms with E-state index in [1.54, 1.807) is 18.4 Å². The Morgan fingerprint density at radius 2 is 1.87 bits per heavy atom. The van der Waals surface area contributed by atoms with Crippen LogP contribution in [0, 0.1) is 0 Å². The third-order valence-corrected chi connectivity index (χ3v) is 6.83. The lowest BCUT2D eigenvalue weighted by atomic mass is 10.2. The normalized spacial score (nSPS) is 16.3. The van der Waals surface area contributed by atoms with Crippen molar-refractivity contribution >= 4 is 16.0 Å². The minimum Gasteiger partial charge on any atom is -0.364 e. The van der Waals surface area contributed by atoms with Gasteiger partial charge in [0.1, 0.15) is 6.26 Å². The minimum atomic E-state index is -3.41. The van der Waals surface area contributed by atoms with E-state index >= 15 is 0 Å². The number of piperazine rings is 1. The van der Waals surface area contributed by atoms with E-state index in [-0.39, 0.29) is 4.90 Å². The molecule has 0 unspecified atom stereocenters. The Bertz CT molecular complexity index is 918. The van der Waals surface area contributed by atoms with E-state index in [2.05, 4.69) is 27.2 Å². The molecule has 1 fully saturated rings. The van der Waals surface area contributed by atoms with E-state index in [1.165, 1.54) is 18.4 Å². The van der Waals surface area contributed by atoms with E-state index in [4.69, 9.17) is 9.52 Å². The van der Waals surface area contributed by atoms with Crippen molar-refractivity contribution in [3.05, 3.63) is 47.9 Å². The number of nitrogens with zero attached hydrogens (tertiary/aromatic N) is 5. The highest BCUT2D eigenvalue weighted by molar-refractivity contribution is 7.89. The summed E-state index contributed by atoms with van der Waals surface area (Å²) in [4.78, 5) is 9.65. The molecule has 1 aliphatic rings. The summed E-state index contributed by atoms with van der Waals surface area (Å²) in [5.74, 6) is 0.878. The summed E-state index contributed by atoms with van der Waals surface area (Å²) in [7, 11) is -0.354. The lowest BCUT2D eigenvalue weighted by molar-refractivity contribution is 0.169. The summed E-state index contributed by atoms with van der Waals surface area (Å²) in [5, 5.41) is 7.34. The molecule has 1 aromatic carbocycles. The van der Waals surface area contributed by atoms with Crippen LogP contribution in [0.5, 0.6) is 0 Å². The second kappa shape index (κ2) is 10.1. The molecule has 30 heavy (non-hydrogen) atoms. The van der Waals surface area contributed by atoms with Crippen molar-refractivity contribution in [2.24, 2.45) is 4.99 Å².